The van der Waals surface area contributed by atoms with Crippen LogP contribution in [0.2, 0.25) is 0 Å². The molecule has 5 heteroatoms. The van der Waals surface area contributed by atoms with Crippen LogP contribution in [-0.2, 0) is 14.3 Å². The van der Waals surface area contributed by atoms with Crippen LogP contribution in [0.25, 0.3) is 0 Å². The zero-order valence-electron chi connectivity index (χ0n) is 11.2. The van der Waals surface area contributed by atoms with Crippen LogP contribution in [0, 0.1) is 0 Å². The predicted octanol–water partition coefficient (Wildman–Crippen LogP) is 1.43. The molecule has 102 valence electrons. The lowest BCUT2D eigenvalue weighted by Gasteiger charge is -2.36. The van der Waals surface area contributed by atoms with E-state index in [4.69, 9.17) is 9.84 Å². The van der Waals surface area contributed by atoms with Gasteiger partial charge in [-0.25, -0.2) is 4.79 Å². The van der Waals surface area contributed by atoms with E-state index in [1.807, 2.05) is 20.8 Å². The maximum Gasteiger partial charge on any atom is 0.332 e. The second-order valence-electron chi connectivity index (χ2n) is 5.44. The lowest BCUT2D eigenvalue weighted by Crippen LogP contribution is -2.50. The van der Waals surface area contributed by atoms with E-state index in [1.165, 1.54) is 0 Å². The van der Waals surface area contributed by atoms with E-state index in [-0.39, 0.29) is 11.4 Å². The first-order valence-corrected chi connectivity index (χ1v) is 6.08. The fourth-order valence-electron chi connectivity index (χ4n) is 2.00. The van der Waals surface area contributed by atoms with Crippen molar-refractivity contribution in [2.75, 3.05) is 6.54 Å². The van der Waals surface area contributed by atoms with E-state index >= 15 is 0 Å². The smallest absolute Gasteiger partial charge is 0.332 e. The quantitative estimate of drug-likeness (QED) is 0.772. The number of carbonyl (C=O) groups is 2. The zero-order valence-corrected chi connectivity index (χ0v) is 11.2. The summed E-state index contributed by atoms with van der Waals surface area (Å²) in [6.45, 7) is 9.85. The third kappa shape index (κ3) is 3.32. The molecule has 0 aromatic heterocycles. The second-order valence-corrected chi connectivity index (χ2v) is 5.44. The molecule has 1 aliphatic rings. The van der Waals surface area contributed by atoms with Crippen LogP contribution in [0.15, 0.2) is 12.7 Å². The molecule has 0 aliphatic carbocycles. The number of ether oxygens (including phenoxy) is 1. The Hall–Kier alpha value is -1.36. The van der Waals surface area contributed by atoms with Crippen molar-refractivity contribution in [1.82, 2.24) is 4.90 Å². The fourth-order valence-corrected chi connectivity index (χ4v) is 2.00. The Morgan fingerprint density at radius 1 is 1.39 bits per heavy atom. The van der Waals surface area contributed by atoms with Crippen LogP contribution in [0.1, 0.15) is 33.6 Å². The van der Waals surface area contributed by atoms with Crippen molar-refractivity contribution in [3.05, 3.63) is 12.7 Å². The van der Waals surface area contributed by atoms with E-state index in [0.29, 0.717) is 19.4 Å². The van der Waals surface area contributed by atoms with Gasteiger partial charge in [0.1, 0.15) is 6.10 Å². The van der Waals surface area contributed by atoms with Crippen LogP contribution in [0.3, 0.4) is 0 Å². The summed E-state index contributed by atoms with van der Waals surface area (Å²) in [5, 5.41) is 8.85. The summed E-state index contributed by atoms with van der Waals surface area (Å²) in [4.78, 5) is 24.8. The summed E-state index contributed by atoms with van der Waals surface area (Å²) >= 11 is 0. The van der Waals surface area contributed by atoms with Gasteiger partial charge in [-0.1, -0.05) is 6.08 Å². The second kappa shape index (κ2) is 5.52. The molecule has 5 nitrogen and oxygen atoms in total. The molecular formula is C13H21NO4. The molecule has 0 spiro atoms. The summed E-state index contributed by atoms with van der Waals surface area (Å²) < 4.78 is 5.28. The van der Waals surface area contributed by atoms with Gasteiger partial charge in [0.15, 0.2) is 6.10 Å². The van der Waals surface area contributed by atoms with Crippen molar-refractivity contribution in [1.29, 1.82) is 0 Å². The van der Waals surface area contributed by atoms with Gasteiger partial charge >= 0.3 is 5.97 Å². The van der Waals surface area contributed by atoms with Gasteiger partial charge < -0.3 is 14.7 Å². The Balaban J connectivity index is 2.74. The zero-order chi connectivity index (χ0) is 13.9. The van der Waals surface area contributed by atoms with E-state index in [9.17, 15) is 9.59 Å². The standard InChI is InChI=1S/C13H21NO4/c1-5-8-14(13(2,3)4)11(15)9-6-7-10(18-9)12(16)17/h5,9-10H,1,6-8H2,2-4H3,(H,16,17). The molecule has 1 fully saturated rings. The highest BCUT2D eigenvalue weighted by Crippen LogP contribution is 2.24. The van der Waals surface area contributed by atoms with Gasteiger partial charge in [0.2, 0.25) is 0 Å². The monoisotopic (exact) mass is 255 g/mol. The van der Waals surface area contributed by atoms with Crippen molar-refractivity contribution >= 4 is 11.9 Å². The molecule has 0 saturated carbocycles. The Kier molecular flexibility index (Phi) is 4.51. The molecule has 1 rings (SSSR count). The number of hydrogen-bond acceptors (Lipinski definition) is 3. The molecule has 0 radical (unpaired) electrons. The van der Waals surface area contributed by atoms with Gasteiger partial charge in [-0.3, -0.25) is 4.79 Å². The molecule has 18 heavy (non-hydrogen) atoms. The summed E-state index contributed by atoms with van der Waals surface area (Å²) in [7, 11) is 0. The molecule has 2 unspecified atom stereocenters. The Morgan fingerprint density at radius 3 is 2.33 bits per heavy atom. The van der Waals surface area contributed by atoms with Crippen LogP contribution in [0.4, 0.5) is 0 Å². The predicted molar refractivity (Wildman–Crippen MR) is 67.2 cm³/mol. The normalized spacial score (nSPS) is 23.7. The van der Waals surface area contributed by atoms with E-state index in [0.717, 1.165) is 0 Å². The number of amides is 1. The minimum Gasteiger partial charge on any atom is -0.479 e. The molecule has 1 amide bonds. The number of hydrogen-bond donors (Lipinski definition) is 1. The summed E-state index contributed by atoms with van der Waals surface area (Å²) in [5.74, 6) is -1.16. The highest BCUT2D eigenvalue weighted by atomic mass is 16.5. The molecule has 0 aromatic rings. The highest BCUT2D eigenvalue weighted by molar-refractivity contribution is 5.83. The average Bonchev–Trinajstić information content (AvgIpc) is 2.72. The van der Waals surface area contributed by atoms with Gasteiger partial charge in [-0.2, -0.15) is 0 Å². The van der Waals surface area contributed by atoms with Gasteiger partial charge in [0.05, 0.1) is 0 Å². The SMILES string of the molecule is C=CCN(C(=O)C1CCC(C(=O)O)O1)C(C)(C)C. The molecular weight excluding hydrogens is 234 g/mol. The van der Waals surface area contributed by atoms with Crippen molar-refractivity contribution in [3.8, 4) is 0 Å². The number of carboxylic acids is 1. The van der Waals surface area contributed by atoms with Gasteiger partial charge in [-0.05, 0) is 33.6 Å². The van der Waals surface area contributed by atoms with Crippen LogP contribution < -0.4 is 0 Å². The maximum atomic E-state index is 12.3. The lowest BCUT2D eigenvalue weighted by atomic mass is 10.0. The largest absolute Gasteiger partial charge is 0.479 e. The van der Waals surface area contributed by atoms with Gasteiger partial charge in [-0.15, -0.1) is 6.58 Å². The maximum absolute atomic E-state index is 12.3. The number of carboxylic acid groups (broad SMARTS) is 1. The van der Waals surface area contributed by atoms with E-state index in [2.05, 4.69) is 6.58 Å². The molecule has 1 N–H and O–H groups in total. The first-order chi connectivity index (χ1) is 8.27. The third-order valence-electron chi connectivity index (χ3n) is 2.96. The molecule has 0 bridgehead atoms. The molecule has 1 heterocycles. The van der Waals surface area contributed by atoms with Crippen molar-refractivity contribution in [2.24, 2.45) is 0 Å². The lowest BCUT2D eigenvalue weighted by molar-refractivity contribution is -0.156. The molecule has 2 atom stereocenters. The fraction of sp³-hybridized carbons (Fsp3) is 0.692. The van der Waals surface area contributed by atoms with Crippen molar-refractivity contribution in [3.63, 3.8) is 0 Å². The van der Waals surface area contributed by atoms with E-state index in [1.54, 1.807) is 11.0 Å². The van der Waals surface area contributed by atoms with Crippen LogP contribution >= 0.6 is 0 Å². The highest BCUT2D eigenvalue weighted by Gasteiger charge is 2.39. The van der Waals surface area contributed by atoms with Gasteiger partial charge in [0, 0.05) is 12.1 Å². The Bertz CT molecular complexity index is 345. The first kappa shape index (κ1) is 14.7. The number of nitrogens with zero attached hydrogens (tertiary/aromatic N) is 1. The van der Waals surface area contributed by atoms with Crippen LogP contribution in [-0.4, -0.2) is 46.2 Å². The minimum absolute atomic E-state index is 0.161. The molecule has 1 saturated heterocycles. The number of carbonyl (C=O) groups excluding carboxylic acids is 1. The summed E-state index contributed by atoms with van der Waals surface area (Å²) in [6, 6.07) is 0. The van der Waals surface area contributed by atoms with Gasteiger partial charge in [0.25, 0.3) is 5.91 Å². The van der Waals surface area contributed by atoms with Crippen molar-refractivity contribution < 1.29 is 19.4 Å². The molecule has 1 aliphatic heterocycles. The summed E-state index contributed by atoms with van der Waals surface area (Å²) in [6.07, 6.45) is 0.999. The molecule has 0 aromatic carbocycles. The Morgan fingerprint density at radius 2 is 1.94 bits per heavy atom. The summed E-state index contributed by atoms with van der Waals surface area (Å²) in [5.41, 5.74) is -0.337. The van der Waals surface area contributed by atoms with Crippen molar-refractivity contribution in [2.45, 2.75) is 51.4 Å². The average molecular weight is 255 g/mol. The third-order valence-corrected chi connectivity index (χ3v) is 2.96. The topological polar surface area (TPSA) is 66.8 Å². The van der Waals surface area contributed by atoms with E-state index < -0.39 is 18.2 Å². The van der Waals surface area contributed by atoms with Crippen LogP contribution in [0.5, 0.6) is 0 Å². The Labute approximate surface area is 107 Å². The first-order valence-electron chi connectivity index (χ1n) is 6.08. The number of aliphatic carboxylic acids is 1. The number of rotatable bonds is 4. The minimum atomic E-state index is -1.00.